The van der Waals surface area contributed by atoms with Gasteiger partial charge in [-0.2, -0.15) is 4.99 Å². The Hall–Kier alpha value is -2.18. The number of thiazole rings is 1. The molecule has 0 aliphatic carbocycles. The Morgan fingerprint density at radius 1 is 1.25 bits per heavy atom. The van der Waals surface area contributed by atoms with Gasteiger partial charge in [-0.15, -0.1) is 22.7 Å². The van der Waals surface area contributed by atoms with Crippen LogP contribution in [0.4, 0.5) is 0 Å². The molecule has 0 N–H and O–H groups in total. The maximum absolute atomic E-state index is 12.2. The molecule has 24 heavy (non-hydrogen) atoms. The number of benzene rings is 1. The molecule has 6 heteroatoms. The number of rotatable bonds is 4. The predicted molar refractivity (Wildman–Crippen MR) is 98.8 cm³/mol. The second kappa shape index (κ2) is 7.15. The van der Waals surface area contributed by atoms with Crippen molar-refractivity contribution in [3.8, 4) is 17.0 Å². The molecule has 0 aliphatic heterocycles. The van der Waals surface area contributed by atoms with Crippen LogP contribution in [0, 0.1) is 6.92 Å². The van der Waals surface area contributed by atoms with Gasteiger partial charge in [0.15, 0.2) is 4.80 Å². The quantitative estimate of drug-likeness (QED) is 0.699. The van der Waals surface area contributed by atoms with Crippen molar-refractivity contribution in [2.75, 3.05) is 6.61 Å². The number of amides is 1. The zero-order chi connectivity index (χ0) is 17.1. The minimum Gasteiger partial charge on any atom is -0.494 e. The maximum atomic E-state index is 12.2. The molecule has 0 spiro atoms. The van der Waals surface area contributed by atoms with Gasteiger partial charge in [-0.3, -0.25) is 4.79 Å². The maximum Gasteiger partial charge on any atom is 0.289 e. The molecule has 0 saturated heterocycles. The summed E-state index contributed by atoms with van der Waals surface area (Å²) in [6.45, 7) is 4.67. The molecule has 2 aromatic heterocycles. The lowest BCUT2D eigenvalue weighted by molar-refractivity contribution is 0.100. The number of carbonyl (C=O) groups excluding carboxylic acids is 1. The standard InChI is InChI=1S/C18H18N2O2S2/c1-4-22-14-9-7-13(8-10-14)16-12(2)24-18(20(16)3)19-17(21)15-6-5-11-23-15/h5-11H,4H2,1-3H3. The third kappa shape index (κ3) is 3.34. The highest BCUT2D eigenvalue weighted by Crippen LogP contribution is 2.26. The molecule has 0 unspecified atom stereocenters. The number of nitrogens with zero attached hydrogens (tertiary/aromatic N) is 2. The highest BCUT2D eigenvalue weighted by molar-refractivity contribution is 7.12. The van der Waals surface area contributed by atoms with E-state index in [1.807, 2.05) is 61.2 Å². The number of carbonyl (C=O) groups is 1. The number of aromatic nitrogens is 1. The van der Waals surface area contributed by atoms with Crippen molar-refractivity contribution in [2.45, 2.75) is 13.8 Å². The fourth-order valence-corrected chi connectivity index (χ4v) is 4.09. The van der Waals surface area contributed by atoms with Crippen molar-refractivity contribution in [3.63, 3.8) is 0 Å². The first-order valence-corrected chi connectivity index (χ1v) is 9.32. The summed E-state index contributed by atoms with van der Waals surface area (Å²) >= 11 is 2.93. The molecule has 2 heterocycles. The fourth-order valence-electron chi connectivity index (χ4n) is 2.50. The molecule has 3 aromatic rings. The summed E-state index contributed by atoms with van der Waals surface area (Å²) in [5, 5.41) is 1.88. The monoisotopic (exact) mass is 358 g/mol. The van der Waals surface area contributed by atoms with Crippen LogP contribution < -0.4 is 9.54 Å². The Labute approximate surface area is 148 Å². The highest BCUT2D eigenvalue weighted by Gasteiger charge is 2.12. The average Bonchev–Trinajstić information content (AvgIpc) is 3.18. The normalized spacial score (nSPS) is 11.7. The van der Waals surface area contributed by atoms with Crippen LogP contribution in [-0.4, -0.2) is 17.1 Å². The SMILES string of the molecule is CCOc1ccc(-c2c(C)sc(=NC(=O)c3cccs3)n2C)cc1. The van der Waals surface area contributed by atoms with E-state index in [1.165, 1.54) is 22.7 Å². The average molecular weight is 358 g/mol. The predicted octanol–water partition coefficient (Wildman–Crippen LogP) is 4.26. The highest BCUT2D eigenvalue weighted by atomic mass is 32.1. The van der Waals surface area contributed by atoms with E-state index >= 15 is 0 Å². The van der Waals surface area contributed by atoms with Gasteiger partial charge in [0, 0.05) is 11.9 Å². The van der Waals surface area contributed by atoms with Crippen LogP contribution >= 0.6 is 22.7 Å². The Balaban J connectivity index is 1.99. The first-order chi connectivity index (χ1) is 11.6. The molecule has 0 atom stereocenters. The van der Waals surface area contributed by atoms with Crippen molar-refractivity contribution in [3.05, 3.63) is 56.3 Å². The lowest BCUT2D eigenvalue weighted by atomic mass is 10.1. The summed E-state index contributed by atoms with van der Waals surface area (Å²) in [7, 11) is 1.94. The van der Waals surface area contributed by atoms with E-state index in [0.717, 1.165) is 21.9 Å². The molecule has 0 radical (unpaired) electrons. The summed E-state index contributed by atoms with van der Waals surface area (Å²) < 4.78 is 7.46. The number of ether oxygens (including phenoxy) is 1. The first-order valence-electron chi connectivity index (χ1n) is 7.62. The molecule has 0 bridgehead atoms. The van der Waals surface area contributed by atoms with Gasteiger partial charge in [0.2, 0.25) is 0 Å². The largest absolute Gasteiger partial charge is 0.494 e. The second-order valence-corrected chi connectivity index (χ2v) is 7.33. The van der Waals surface area contributed by atoms with Gasteiger partial charge in [-0.25, -0.2) is 0 Å². The zero-order valence-corrected chi connectivity index (χ0v) is 15.4. The Morgan fingerprint density at radius 3 is 2.62 bits per heavy atom. The number of thiophene rings is 1. The van der Waals surface area contributed by atoms with Crippen molar-refractivity contribution < 1.29 is 9.53 Å². The van der Waals surface area contributed by atoms with Crippen LogP contribution in [0.2, 0.25) is 0 Å². The van der Waals surface area contributed by atoms with E-state index in [-0.39, 0.29) is 5.91 Å². The van der Waals surface area contributed by atoms with E-state index < -0.39 is 0 Å². The van der Waals surface area contributed by atoms with Crippen molar-refractivity contribution in [1.29, 1.82) is 0 Å². The van der Waals surface area contributed by atoms with Gasteiger partial charge < -0.3 is 9.30 Å². The molecule has 0 fully saturated rings. The summed E-state index contributed by atoms with van der Waals surface area (Å²) in [5.74, 6) is 0.662. The van der Waals surface area contributed by atoms with Gasteiger partial charge >= 0.3 is 0 Å². The van der Waals surface area contributed by atoms with Gasteiger partial charge in [0.05, 0.1) is 17.2 Å². The van der Waals surface area contributed by atoms with Crippen LogP contribution in [0.1, 0.15) is 21.5 Å². The molecule has 1 amide bonds. The molecule has 4 nitrogen and oxygen atoms in total. The molecule has 0 saturated carbocycles. The van der Waals surface area contributed by atoms with E-state index in [4.69, 9.17) is 4.74 Å². The summed E-state index contributed by atoms with van der Waals surface area (Å²) in [5.41, 5.74) is 2.15. The van der Waals surface area contributed by atoms with E-state index in [1.54, 1.807) is 6.07 Å². The van der Waals surface area contributed by atoms with Crippen LogP contribution in [0.3, 0.4) is 0 Å². The Bertz CT molecular complexity index is 904. The third-order valence-corrected chi connectivity index (χ3v) is 5.47. The summed E-state index contributed by atoms with van der Waals surface area (Å²) in [6, 6.07) is 11.6. The topological polar surface area (TPSA) is 43.6 Å². The second-order valence-electron chi connectivity index (χ2n) is 5.20. The minimum absolute atomic E-state index is 0.194. The number of hydrogen-bond donors (Lipinski definition) is 0. The van der Waals surface area contributed by atoms with Crippen LogP contribution in [0.5, 0.6) is 5.75 Å². The fraction of sp³-hybridized carbons (Fsp3) is 0.222. The molecule has 1 aromatic carbocycles. The third-order valence-electron chi connectivity index (χ3n) is 3.57. The van der Waals surface area contributed by atoms with Gasteiger partial charge in [-0.05, 0) is 55.1 Å². The molecule has 124 valence electrons. The van der Waals surface area contributed by atoms with Gasteiger partial charge in [0.1, 0.15) is 5.75 Å². The molecular weight excluding hydrogens is 340 g/mol. The summed E-state index contributed by atoms with van der Waals surface area (Å²) in [4.78, 5) is 19.0. The first kappa shape index (κ1) is 16.7. The smallest absolute Gasteiger partial charge is 0.289 e. The van der Waals surface area contributed by atoms with Crippen molar-refractivity contribution in [2.24, 2.45) is 12.0 Å². The van der Waals surface area contributed by atoms with Crippen LogP contribution in [0.15, 0.2) is 46.8 Å². The van der Waals surface area contributed by atoms with Crippen LogP contribution in [-0.2, 0) is 7.05 Å². The summed E-state index contributed by atoms with van der Waals surface area (Å²) in [6.07, 6.45) is 0. The van der Waals surface area contributed by atoms with Crippen LogP contribution in [0.25, 0.3) is 11.3 Å². The van der Waals surface area contributed by atoms with E-state index in [2.05, 4.69) is 4.99 Å². The molecule has 3 rings (SSSR count). The van der Waals surface area contributed by atoms with Gasteiger partial charge in [0.25, 0.3) is 5.91 Å². The van der Waals surface area contributed by atoms with E-state index in [9.17, 15) is 4.79 Å². The lowest BCUT2D eigenvalue weighted by Gasteiger charge is -2.07. The lowest BCUT2D eigenvalue weighted by Crippen LogP contribution is -2.14. The molecule has 0 aliphatic rings. The van der Waals surface area contributed by atoms with Gasteiger partial charge in [-0.1, -0.05) is 6.07 Å². The number of aryl methyl sites for hydroxylation is 1. The van der Waals surface area contributed by atoms with Crippen molar-refractivity contribution in [1.82, 2.24) is 4.57 Å². The number of hydrogen-bond acceptors (Lipinski definition) is 4. The van der Waals surface area contributed by atoms with Crippen molar-refractivity contribution >= 4 is 28.6 Å². The zero-order valence-electron chi connectivity index (χ0n) is 13.8. The minimum atomic E-state index is -0.194. The Morgan fingerprint density at radius 2 is 2.00 bits per heavy atom. The molecular formula is C18H18N2O2S2. The van der Waals surface area contributed by atoms with E-state index in [0.29, 0.717) is 16.3 Å². The Kier molecular flexibility index (Phi) is 4.97.